The number of ether oxygens (including phenoxy) is 1. The summed E-state index contributed by atoms with van der Waals surface area (Å²) in [7, 11) is 0. The first-order valence-electron chi connectivity index (χ1n) is 10.6. The Bertz CT molecular complexity index is 1060. The maximum atomic E-state index is 12.9. The number of nitrogens with zero attached hydrogens (tertiary/aromatic N) is 1. The summed E-state index contributed by atoms with van der Waals surface area (Å²) in [5.74, 6) is -0.450. The van der Waals surface area contributed by atoms with Gasteiger partial charge >= 0.3 is 6.09 Å². The van der Waals surface area contributed by atoms with Crippen molar-refractivity contribution in [1.82, 2.24) is 5.32 Å². The number of nitro groups is 1. The molecule has 3 rings (SSSR count). The fraction of sp³-hybridized carbons (Fsp3) is 0.200. The summed E-state index contributed by atoms with van der Waals surface area (Å²) in [6.07, 6.45) is 1.03. The van der Waals surface area contributed by atoms with Gasteiger partial charge < -0.3 is 15.4 Å². The molecule has 8 nitrogen and oxygen atoms in total. The number of nitrogens with one attached hydrogen (secondary N) is 2. The van der Waals surface area contributed by atoms with E-state index in [0.717, 1.165) is 17.5 Å². The van der Waals surface area contributed by atoms with E-state index in [4.69, 9.17) is 4.74 Å². The lowest BCUT2D eigenvalue weighted by molar-refractivity contribution is -0.384. The van der Waals surface area contributed by atoms with Crippen molar-refractivity contribution in [3.63, 3.8) is 0 Å². The van der Waals surface area contributed by atoms with Crippen molar-refractivity contribution < 1.29 is 19.2 Å². The molecule has 0 saturated heterocycles. The third kappa shape index (κ3) is 7.77. The van der Waals surface area contributed by atoms with Gasteiger partial charge in [-0.25, -0.2) is 4.79 Å². The Morgan fingerprint density at radius 2 is 1.48 bits per heavy atom. The van der Waals surface area contributed by atoms with E-state index in [1.54, 1.807) is 0 Å². The van der Waals surface area contributed by atoms with Gasteiger partial charge in [0.2, 0.25) is 5.91 Å². The average molecular weight is 447 g/mol. The van der Waals surface area contributed by atoms with Crippen LogP contribution in [0.2, 0.25) is 0 Å². The van der Waals surface area contributed by atoms with Crippen LogP contribution in [0.4, 0.5) is 16.2 Å². The molecule has 1 atom stereocenters. The second-order valence-electron chi connectivity index (χ2n) is 7.40. The lowest BCUT2D eigenvalue weighted by atomic mass is 10.1. The molecule has 3 aromatic rings. The zero-order valence-corrected chi connectivity index (χ0v) is 18.0. The second-order valence-corrected chi connectivity index (χ2v) is 7.40. The van der Waals surface area contributed by atoms with Crippen LogP contribution in [0.25, 0.3) is 0 Å². The number of anilines is 1. The Morgan fingerprint density at radius 3 is 2.09 bits per heavy atom. The molecule has 0 radical (unpaired) electrons. The highest BCUT2D eigenvalue weighted by Crippen LogP contribution is 2.16. The summed E-state index contributed by atoms with van der Waals surface area (Å²) in [4.78, 5) is 35.5. The molecule has 0 bridgehead atoms. The number of amides is 2. The molecule has 0 aliphatic carbocycles. The van der Waals surface area contributed by atoms with E-state index in [2.05, 4.69) is 10.6 Å². The van der Waals surface area contributed by atoms with Crippen LogP contribution in [0, 0.1) is 10.1 Å². The number of carbonyl (C=O) groups is 2. The summed E-state index contributed by atoms with van der Waals surface area (Å²) >= 11 is 0. The summed E-state index contributed by atoms with van der Waals surface area (Å²) < 4.78 is 5.27. The summed E-state index contributed by atoms with van der Waals surface area (Å²) in [5, 5.41) is 16.1. The molecular formula is C25H25N3O5. The highest BCUT2D eigenvalue weighted by molar-refractivity contribution is 5.96. The van der Waals surface area contributed by atoms with E-state index in [1.807, 2.05) is 60.7 Å². The number of benzene rings is 3. The third-order valence-electron chi connectivity index (χ3n) is 4.92. The van der Waals surface area contributed by atoms with Crippen LogP contribution in [0.3, 0.4) is 0 Å². The average Bonchev–Trinajstić information content (AvgIpc) is 2.83. The van der Waals surface area contributed by atoms with Crippen LogP contribution in [-0.2, 0) is 22.4 Å². The predicted octanol–water partition coefficient (Wildman–Crippen LogP) is 4.50. The van der Waals surface area contributed by atoms with Crippen molar-refractivity contribution in [2.45, 2.75) is 25.3 Å². The maximum absolute atomic E-state index is 12.9. The number of rotatable bonds is 10. The van der Waals surface area contributed by atoms with Gasteiger partial charge in [0, 0.05) is 24.2 Å². The van der Waals surface area contributed by atoms with Crippen molar-refractivity contribution in [3.05, 3.63) is 106 Å². The predicted molar refractivity (Wildman–Crippen MR) is 125 cm³/mol. The number of non-ortho nitro benzene ring substituents is 1. The number of hydrogen-bond acceptors (Lipinski definition) is 5. The molecule has 33 heavy (non-hydrogen) atoms. The van der Waals surface area contributed by atoms with Crippen molar-refractivity contribution in [2.24, 2.45) is 0 Å². The van der Waals surface area contributed by atoms with Crippen LogP contribution in [0.1, 0.15) is 17.5 Å². The molecule has 0 aliphatic heterocycles. The minimum absolute atomic E-state index is 0.0777. The molecule has 170 valence electrons. The minimum Gasteiger partial charge on any atom is -0.450 e. The van der Waals surface area contributed by atoms with Gasteiger partial charge in [-0.3, -0.25) is 14.9 Å². The number of carbonyl (C=O) groups excluding carboxylic acids is 2. The molecule has 2 amide bonds. The Balaban J connectivity index is 1.57. The largest absolute Gasteiger partial charge is 0.450 e. The van der Waals surface area contributed by atoms with Crippen LogP contribution in [0.5, 0.6) is 0 Å². The molecule has 1 unspecified atom stereocenters. The Morgan fingerprint density at radius 1 is 0.879 bits per heavy atom. The van der Waals surface area contributed by atoms with Crippen LogP contribution in [-0.4, -0.2) is 29.6 Å². The Kier molecular flexibility index (Phi) is 8.53. The lowest BCUT2D eigenvalue weighted by Gasteiger charge is -2.18. The standard InChI is InChI=1S/C25H25N3O5/c29-24(26-21-13-15-22(16-14-21)28(31)32)23(18-20-10-5-2-6-11-20)27-25(30)33-17-7-12-19-8-3-1-4-9-19/h1-6,8-11,13-16,23H,7,12,17-18H2,(H,26,29)(H,27,30). The number of alkyl carbamates (subject to hydrolysis) is 1. The van der Waals surface area contributed by atoms with Crippen LogP contribution >= 0.6 is 0 Å². The SMILES string of the molecule is O=C(NC(Cc1ccccc1)C(=O)Nc1ccc([N+](=O)[O-])cc1)OCCCc1ccccc1. The highest BCUT2D eigenvalue weighted by Gasteiger charge is 2.22. The topological polar surface area (TPSA) is 111 Å². The lowest BCUT2D eigenvalue weighted by Crippen LogP contribution is -2.45. The van der Waals surface area contributed by atoms with Crippen LogP contribution in [0.15, 0.2) is 84.9 Å². The Hall–Kier alpha value is -4.20. The number of hydrogen-bond donors (Lipinski definition) is 2. The first-order chi connectivity index (χ1) is 16.0. The third-order valence-corrected chi connectivity index (χ3v) is 4.92. The summed E-state index contributed by atoms with van der Waals surface area (Å²) in [6, 6.07) is 23.8. The smallest absolute Gasteiger partial charge is 0.407 e. The van der Waals surface area contributed by atoms with Crippen molar-refractivity contribution in [3.8, 4) is 0 Å². The Labute approximate surface area is 191 Å². The maximum Gasteiger partial charge on any atom is 0.407 e. The zero-order valence-electron chi connectivity index (χ0n) is 18.0. The van der Waals surface area contributed by atoms with E-state index in [1.165, 1.54) is 24.3 Å². The molecule has 8 heteroatoms. The van der Waals surface area contributed by atoms with Gasteiger partial charge in [-0.15, -0.1) is 0 Å². The molecule has 0 saturated carbocycles. The zero-order chi connectivity index (χ0) is 23.5. The number of nitro benzene ring substituents is 1. The quantitative estimate of drug-likeness (QED) is 0.270. The fourth-order valence-electron chi connectivity index (χ4n) is 3.22. The van der Waals surface area contributed by atoms with E-state index < -0.39 is 23.0 Å². The normalized spacial score (nSPS) is 11.3. The first kappa shape index (κ1) is 23.5. The van der Waals surface area contributed by atoms with Gasteiger partial charge in [-0.2, -0.15) is 0 Å². The monoisotopic (exact) mass is 447 g/mol. The molecule has 0 heterocycles. The van der Waals surface area contributed by atoms with Gasteiger partial charge in [-0.1, -0.05) is 60.7 Å². The molecule has 3 aromatic carbocycles. The van der Waals surface area contributed by atoms with Gasteiger partial charge in [0.15, 0.2) is 0 Å². The highest BCUT2D eigenvalue weighted by atomic mass is 16.6. The van der Waals surface area contributed by atoms with Gasteiger partial charge in [0.25, 0.3) is 5.69 Å². The van der Waals surface area contributed by atoms with Gasteiger partial charge in [-0.05, 0) is 36.1 Å². The molecule has 0 fully saturated rings. The van der Waals surface area contributed by atoms with E-state index in [0.29, 0.717) is 12.1 Å². The summed E-state index contributed by atoms with van der Waals surface area (Å²) in [6.45, 7) is 0.225. The van der Waals surface area contributed by atoms with Gasteiger partial charge in [0.1, 0.15) is 6.04 Å². The molecule has 0 aliphatic rings. The van der Waals surface area contributed by atoms with Crippen molar-refractivity contribution in [2.75, 3.05) is 11.9 Å². The summed E-state index contributed by atoms with van der Waals surface area (Å²) in [5.41, 5.74) is 2.34. The molecule has 0 aromatic heterocycles. The number of aryl methyl sites for hydroxylation is 1. The van der Waals surface area contributed by atoms with E-state index in [-0.39, 0.29) is 18.7 Å². The van der Waals surface area contributed by atoms with E-state index >= 15 is 0 Å². The van der Waals surface area contributed by atoms with E-state index in [9.17, 15) is 19.7 Å². The first-order valence-corrected chi connectivity index (χ1v) is 10.6. The second kappa shape index (κ2) is 12.0. The van der Waals surface area contributed by atoms with Crippen LogP contribution < -0.4 is 10.6 Å². The fourth-order valence-corrected chi connectivity index (χ4v) is 3.22. The van der Waals surface area contributed by atoms with Crippen molar-refractivity contribution >= 4 is 23.4 Å². The molecule has 2 N–H and O–H groups in total. The van der Waals surface area contributed by atoms with Gasteiger partial charge in [0.05, 0.1) is 11.5 Å². The molecule has 0 spiro atoms. The molecular weight excluding hydrogens is 422 g/mol. The minimum atomic E-state index is -0.885. The van der Waals surface area contributed by atoms with Crippen molar-refractivity contribution in [1.29, 1.82) is 0 Å².